The van der Waals surface area contributed by atoms with Gasteiger partial charge in [0.1, 0.15) is 12.1 Å². The van der Waals surface area contributed by atoms with Gasteiger partial charge in [0.25, 0.3) is 5.91 Å². The standard InChI is InChI=1S/C29H45N3O3/c1-7-9-12-23(5)19-25(8-2)29(13-10-11-14-29)21-27-30-28(35)26(34)20-24(6)32(27)16-15-31(17-18-33)22(3)4/h7-9,18-20,22,26,34H,10-17,21H2,1-6H3/b9-7+,23-19-,25-8+. The van der Waals surface area contributed by atoms with Crippen molar-refractivity contribution in [2.45, 2.75) is 92.2 Å². The summed E-state index contributed by atoms with van der Waals surface area (Å²) in [7, 11) is 0. The number of carbonyl (C=O) groups excluding carboxylic acids is 2. The summed E-state index contributed by atoms with van der Waals surface area (Å²) in [5.74, 6) is 0.210. The first-order valence-corrected chi connectivity index (χ1v) is 13.1. The molecule has 1 aliphatic heterocycles. The predicted molar refractivity (Wildman–Crippen MR) is 144 cm³/mol. The maximum atomic E-state index is 12.7. The van der Waals surface area contributed by atoms with E-state index < -0.39 is 12.0 Å². The van der Waals surface area contributed by atoms with Crippen molar-refractivity contribution < 1.29 is 14.7 Å². The largest absolute Gasteiger partial charge is 0.379 e. The fraction of sp³-hybridized carbons (Fsp3) is 0.621. The van der Waals surface area contributed by atoms with Crippen molar-refractivity contribution in [3.8, 4) is 0 Å². The molecular weight excluding hydrogens is 438 g/mol. The number of aldehydes is 1. The number of carbonyl (C=O) groups is 2. The molecule has 1 N–H and O–H groups in total. The van der Waals surface area contributed by atoms with Crippen LogP contribution >= 0.6 is 0 Å². The van der Waals surface area contributed by atoms with Crippen molar-refractivity contribution >= 4 is 18.0 Å². The first kappa shape index (κ1) is 28.9. The third-order valence-electron chi connectivity index (χ3n) is 7.34. The lowest BCUT2D eigenvalue weighted by atomic mass is 9.74. The van der Waals surface area contributed by atoms with E-state index in [9.17, 15) is 14.7 Å². The van der Waals surface area contributed by atoms with Crippen molar-refractivity contribution in [3.63, 3.8) is 0 Å². The maximum absolute atomic E-state index is 12.7. The number of hydrogen-bond donors (Lipinski definition) is 1. The number of rotatable bonds is 12. The Balaban J connectivity index is 2.42. The topological polar surface area (TPSA) is 73.2 Å². The van der Waals surface area contributed by atoms with Gasteiger partial charge in [-0.2, -0.15) is 4.99 Å². The molecule has 0 radical (unpaired) electrons. The van der Waals surface area contributed by atoms with E-state index in [1.54, 1.807) is 6.08 Å². The van der Waals surface area contributed by atoms with E-state index in [1.807, 2.05) is 13.8 Å². The van der Waals surface area contributed by atoms with Crippen LogP contribution < -0.4 is 0 Å². The van der Waals surface area contributed by atoms with Crippen LogP contribution in [0.4, 0.5) is 0 Å². The first-order chi connectivity index (χ1) is 16.7. The van der Waals surface area contributed by atoms with Crippen LogP contribution in [0.2, 0.25) is 0 Å². The van der Waals surface area contributed by atoms with Gasteiger partial charge in [0.2, 0.25) is 0 Å². The van der Waals surface area contributed by atoms with Gasteiger partial charge in [-0.15, -0.1) is 0 Å². The summed E-state index contributed by atoms with van der Waals surface area (Å²) in [4.78, 5) is 32.5. The van der Waals surface area contributed by atoms with Gasteiger partial charge in [-0.3, -0.25) is 9.69 Å². The summed E-state index contributed by atoms with van der Waals surface area (Å²) < 4.78 is 0. The highest BCUT2D eigenvalue weighted by Gasteiger charge is 2.39. The van der Waals surface area contributed by atoms with Crippen molar-refractivity contribution in [3.05, 3.63) is 47.2 Å². The molecule has 0 aromatic carbocycles. The molecule has 0 aromatic rings. The van der Waals surface area contributed by atoms with E-state index in [0.29, 0.717) is 26.1 Å². The molecule has 0 saturated heterocycles. The Morgan fingerprint density at radius 3 is 2.57 bits per heavy atom. The van der Waals surface area contributed by atoms with E-state index in [0.717, 1.165) is 49.9 Å². The molecule has 1 atom stereocenters. The molecule has 0 aromatic heterocycles. The number of nitrogens with zero attached hydrogens (tertiary/aromatic N) is 3. The smallest absolute Gasteiger partial charge is 0.280 e. The number of aliphatic hydroxyl groups is 1. The molecule has 1 saturated carbocycles. The molecule has 194 valence electrons. The van der Waals surface area contributed by atoms with Crippen molar-refractivity contribution in [2.24, 2.45) is 10.4 Å². The van der Waals surface area contributed by atoms with Crippen LogP contribution in [0.3, 0.4) is 0 Å². The number of allylic oxidation sites excluding steroid dienone is 7. The van der Waals surface area contributed by atoms with Gasteiger partial charge in [-0.1, -0.05) is 42.7 Å². The molecule has 1 fully saturated rings. The van der Waals surface area contributed by atoms with E-state index in [1.165, 1.54) is 11.1 Å². The summed E-state index contributed by atoms with van der Waals surface area (Å²) in [6, 6.07) is 0.227. The highest BCUT2D eigenvalue weighted by atomic mass is 16.3. The molecule has 6 heteroatoms. The molecule has 6 nitrogen and oxygen atoms in total. The molecule has 35 heavy (non-hydrogen) atoms. The second-order valence-corrected chi connectivity index (χ2v) is 10.2. The van der Waals surface area contributed by atoms with Crippen LogP contribution in [-0.2, 0) is 9.59 Å². The van der Waals surface area contributed by atoms with Gasteiger partial charge in [0, 0.05) is 36.7 Å². The van der Waals surface area contributed by atoms with E-state index in [4.69, 9.17) is 0 Å². The summed E-state index contributed by atoms with van der Waals surface area (Å²) >= 11 is 0. The van der Waals surface area contributed by atoms with Gasteiger partial charge in [0.05, 0.1) is 6.54 Å². The monoisotopic (exact) mass is 483 g/mol. The second kappa shape index (κ2) is 13.7. The SMILES string of the molecule is C/C=C/C/C(C)=C\C(=C/C)C1(CC2=NC(=O)C(O)C=C(C)N2CCN(CC=O)C(C)C)CCCC1. The highest BCUT2D eigenvalue weighted by Crippen LogP contribution is 2.48. The van der Waals surface area contributed by atoms with Crippen LogP contribution in [0.5, 0.6) is 0 Å². The number of hydrogen-bond acceptors (Lipinski definition) is 5. The Morgan fingerprint density at radius 2 is 2.00 bits per heavy atom. The fourth-order valence-electron chi connectivity index (χ4n) is 5.26. The molecule has 0 bridgehead atoms. The molecule has 1 heterocycles. The molecule has 0 spiro atoms. The zero-order valence-corrected chi connectivity index (χ0v) is 22.6. The predicted octanol–water partition coefficient (Wildman–Crippen LogP) is 5.21. The number of aliphatic imine (C=N–C) groups is 1. The molecule has 1 aliphatic carbocycles. The third kappa shape index (κ3) is 7.84. The number of amides is 1. The normalized spacial score (nSPS) is 21.7. The summed E-state index contributed by atoms with van der Waals surface area (Å²) in [6.07, 6.45) is 16.1. The van der Waals surface area contributed by atoms with Crippen LogP contribution in [-0.4, -0.2) is 64.7 Å². The molecular formula is C29H45N3O3. The fourth-order valence-corrected chi connectivity index (χ4v) is 5.26. The quantitative estimate of drug-likeness (QED) is 0.234. The van der Waals surface area contributed by atoms with Crippen molar-refractivity contribution in [2.75, 3.05) is 19.6 Å². The first-order valence-electron chi connectivity index (χ1n) is 13.1. The Labute approximate surface area is 212 Å². The summed E-state index contributed by atoms with van der Waals surface area (Å²) in [5.41, 5.74) is 3.36. The van der Waals surface area contributed by atoms with E-state index in [-0.39, 0.29) is 11.5 Å². The van der Waals surface area contributed by atoms with Gasteiger partial charge in [0.15, 0.2) is 6.10 Å². The lowest BCUT2D eigenvalue weighted by Gasteiger charge is -2.36. The van der Waals surface area contributed by atoms with Crippen LogP contribution in [0.25, 0.3) is 0 Å². The minimum Gasteiger partial charge on any atom is -0.379 e. The summed E-state index contributed by atoms with van der Waals surface area (Å²) in [5, 5.41) is 10.4. The van der Waals surface area contributed by atoms with E-state index in [2.05, 4.69) is 66.8 Å². The molecule has 1 unspecified atom stereocenters. The molecule has 2 rings (SSSR count). The number of amidine groups is 1. The Kier molecular flexibility index (Phi) is 11.3. The van der Waals surface area contributed by atoms with Gasteiger partial charge in [-0.05, 0) is 72.5 Å². The van der Waals surface area contributed by atoms with Crippen molar-refractivity contribution in [1.29, 1.82) is 0 Å². The lowest BCUT2D eigenvalue weighted by molar-refractivity contribution is -0.123. The lowest BCUT2D eigenvalue weighted by Crippen LogP contribution is -2.42. The third-order valence-corrected chi connectivity index (χ3v) is 7.34. The minimum atomic E-state index is -1.23. The van der Waals surface area contributed by atoms with Crippen LogP contribution in [0, 0.1) is 5.41 Å². The average molecular weight is 484 g/mol. The number of aliphatic hydroxyl groups excluding tert-OH is 1. The van der Waals surface area contributed by atoms with Gasteiger partial charge in [-0.25, -0.2) is 0 Å². The van der Waals surface area contributed by atoms with Gasteiger partial charge >= 0.3 is 0 Å². The Morgan fingerprint density at radius 1 is 1.31 bits per heavy atom. The highest BCUT2D eigenvalue weighted by molar-refractivity contribution is 5.99. The van der Waals surface area contributed by atoms with Gasteiger partial charge < -0.3 is 14.8 Å². The van der Waals surface area contributed by atoms with Crippen LogP contribution in [0.15, 0.2) is 52.2 Å². The summed E-state index contributed by atoms with van der Waals surface area (Å²) in [6.45, 7) is 14.0. The molecule has 1 amide bonds. The maximum Gasteiger partial charge on any atom is 0.280 e. The Bertz CT molecular complexity index is 889. The van der Waals surface area contributed by atoms with Crippen molar-refractivity contribution in [1.82, 2.24) is 9.80 Å². The zero-order valence-electron chi connectivity index (χ0n) is 22.6. The minimum absolute atomic E-state index is 0.0839. The van der Waals surface area contributed by atoms with Crippen LogP contribution in [0.1, 0.15) is 80.1 Å². The Hall–Kier alpha value is -2.31. The zero-order chi connectivity index (χ0) is 26.0. The average Bonchev–Trinajstić information content (AvgIpc) is 3.25. The second-order valence-electron chi connectivity index (χ2n) is 10.2. The van der Waals surface area contributed by atoms with E-state index >= 15 is 0 Å². The molecule has 2 aliphatic rings.